The van der Waals surface area contributed by atoms with Crippen molar-refractivity contribution in [3.8, 4) is 17.0 Å². The fourth-order valence-electron chi connectivity index (χ4n) is 2.10. The maximum absolute atomic E-state index is 5.68. The number of aromatic amines is 1. The number of fused-ring (bicyclic) bond motifs is 1. The Morgan fingerprint density at radius 1 is 1.25 bits per heavy atom. The Bertz CT molecular complexity index is 737. The summed E-state index contributed by atoms with van der Waals surface area (Å²) in [5.41, 5.74) is 2.43. The first kappa shape index (κ1) is 12.4. The summed E-state index contributed by atoms with van der Waals surface area (Å²) < 4.78 is 5.68. The minimum atomic E-state index is 0.544. The largest absolute Gasteiger partial charge is 0.493 e. The number of nitrogens with one attached hydrogen (secondary N) is 2. The van der Waals surface area contributed by atoms with Gasteiger partial charge < -0.3 is 10.1 Å². The highest BCUT2D eigenvalue weighted by atomic mass is 16.5. The summed E-state index contributed by atoms with van der Waals surface area (Å²) in [6.07, 6.45) is 1.73. The lowest BCUT2D eigenvalue weighted by Gasteiger charge is -2.11. The van der Waals surface area contributed by atoms with E-state index in [1.54, 1.807) is 13.2 Å². The van der Waals surface area contributed by atoms with Crippen LogP contribution in [-0.2, 0) is 0 Å². The van der Waals surface area contributed by atoms with E-state index in [2.05, 4.69) is 25.5 Å². The highest BCUT2D eigenvalue weighted by molar-refractivity contribution is 5.92. The monoisotopic (exact) mass is 269 g/mol. The zero-order chi connectivity index (χ0) is 13.9. The lowest BCUT2D eigenvalue weighted by molar-refractivity contribution is 0.341. The average molecular weight is 269 g/mol. The third kappa shape index (κ3) is 2.05. The molecule has 0 amide bonds. The van der Waals surface area contributed by atoms with E-state index >= 15 is 0 Å². The van der Waals surface area contributed by atoms with E-state index in [-0.39, 0.29) is 0 Å². The number of ether oxygens (including phenoxy) is 1. The summed E-state index contributed by atoms with van der Waals surface area (Å²) in [5, 5.41) is 10.7. The molecule has 2 aromatic heterocycles. The number of anilines is 1. The highest BCUT2D eigenvalue weighted by Crippen LogP contribution is 2.33. The first-order chi connectivity index (χ1) is 9.83. The Hall–Kier alpha value is -2.63. The van der Waals surface area contributed by atoms with Crippen LogP contribution in [-0.4, -0.2) is 33.8 Å². The smallest absolute Gasteiger partial charge is 0.225 e. The van der Waals surface area contributed by atoms with Crippen LogP contribution in [0.1, 0.15) is 6.92 Å². The quantitative estimate of drug-likeness (QED) is 0.761. The first-order valence-corrected chi connectivity index (χ1v) is 6.44. The van der Waals surface area contributed by atoms with Gasteiger partial charge in [0.1, 0.15) is 5.75 Å². The number of hydrogen-bond donors (Lipinski definition) is 2. The lowest BCUT2D eigenvalue weighted by Crippen LogP contribution is -2.00. The normalized spacial score (nSPS) is 10.7. The van der Waals surface area contributed by atoms with Gasteiger partial charge in [0.05, 0.1) is 23.9 Å². The predicted molar refractivity (Wildman–Crippen MR) is 77.8 cm³/mol. The van der Waals surface area contributed by atoms with Crippen LogP contribution in [0.5, 0.6) is 5.75 Å². The molecule has 0 aliphatic carbocycles. The molecule has 0 saturated heterocycles. The Morgan fingerprint density at radius 3 is 2.90 bits per heavy atom. The SMILES string of the molecule is CCOc1ccccc1-c1nc(NC)nc2[nH]ncc12. The zero-order valence-corrected chi connectivity index (χ0v) is 11.3. The van der Waals surface area contributed by atoms with Gasteiger partial charge in [0.2, 0.25) is 5.95 Å². The van der Waals surface area contributed by atoms with Crippen molar-refractivity contribution in [3.63, 3.8) is 0 Å². The van der Waals surface area contributed by atoms with Crippen molar-refractivity contribution < 1.29 is 4.74 Å². The predicted octanol–water partition coefficient (Wildman–Crippen LogP) is 2.46. The van der Waals surface area contributed by atoms with E-state index < -0.39 is 0 Å². The second-order valence-corrected chi connectivity index (χ2v) is 4.21. The zero-order valence-electron chi connectivity index (χ0n) is 11.3. The molecule has 0 atom stereocenters. The van der Waals surface area contributed by atoms with Crippen LogP contribution >= 0.6 is 0 Å². The van der Waals surface area contributed by atoms with Crippen LogP contribution in [0.2, 0.25) is 0 Å². The fraction of sp³-hybridized carbons (Fsp3) is 0.214. The van der Waals surface area contributed by atoms with Gasteiger partial charge in [0.15, 0.2) is 5.65 Å². The standard InChI is InChI=1S/C14H15N5O/c1-3-20-11-7-5-4-6-9(11)12-10-8-16-19-13(10)18-14(15-2)17-12/h4-8H,3H2,1-2H3,(H2,15,16,17,18,19). The number of benzene rings is 1. The number of para-hydroxylation sites is 1. The molecule has 2 N–H and O–H groups in total. The molecule has 1 aromatic carbocycles. The van der Waals surface area contributed by atoms with Crippen LogP contribution in [0.3, 0.4) is 0 Å². The van der Waals surface area contributed by atoms with Crippen molar-refractivity contribution in [2.75, 3.05) is 19.0 Å². The van der Waals surface area contributed by atoms with Crippen LogP contribution in [0.15, 0.2) is 30.5 Å². The third-order valence-electron chi connectivity index (χ3n) is 2.98. The summed E-state index contributed by atoms with van der Waals surface area (Å²) in [5.74, 6) is 1.35. The number of hydrogen-bond acceptors (Lipinski definition) is 5. The molecule has 3 aromatic rings. The van der Waals surface area contributed by atoms with Gasteiger partial charge >= 0.3 is 0 Å². The molecule has 6 heteroatoms. The molecule has 0 unspecified atom stereocenters. The highest BCUT2D eigenvalue weighted by Gasteiger charge is 2.14. The molecule has 6 nitrogen and oxygen atoms in total. The van der Waals surface area contributed by atoms with E-state index in [9.17, 15) is 0 Å². The minimum Gasteiger partial charge on any atom is -0.493 e. The molecule has 0 radical (unpaired) electrons. The van der Waals surface area contributed by atoms with Gasteiger partial charge in [-0.25, -0.2) is 4.98 Å². The average Bonchev–Trinajstić information content (AvgIpc) is 2.95. The van der Waals surface area contributed by atoms with Crippen LogP contribution < -0.4 is 10.1 Å². The Morgan fingerprint density at radius 2 is 2.10 bits per heavy atom. The Labute approximate surface area is 116 Å². The van der Waals surface area contributed by atoms with Gasteiger partial charge in [-0.15, -0.1) is 0 Å². The van der Waals surface area contributed by atoms with Crippen molar-refractivity contribution in [3.05, 3.63) is 30.5 Å². The topological polar surface area (TPSA) is 75.7 Å². The molecular formula is C14H15N5O. The molecule has 0 bridgehead atoms. The summed E-state index contributed by atoms with van der Waals surface area (Å²) >= 11 is 0. The number of nitrogens with zero attached hydrogens (tertiary/aromatic N) is 3. The number of rotatable bonds is 4. The minimum absolute atomic E-state index is 0.544. The molecule has 3 rings (SSSR count). The van der Waals surface area contributed by atoms with Crippen molar-refractivity contribution in [1.82, 2.24) is 20.2 Å². The molecular weight excluding hydrogens is 254 g/mol. The number of aromatic nitrogens is 4. The summed E-state index contributed by atoms with van der Waals surface area (Å²) in [6, 6.07) is 7.83. The molecule has 2 heterocycles. The molecule has 0 aliphatic rings. The summed E-state index contributed by atoms with van der Waals surface area (Å²) in [6.45, 7) is 2.57. The molecule has 0 spiro atoms. The van der Waals surface area contributed by atoms with Crippen LogP contribution in [0.4, 0.5) is 5.95 Å². The van der Waals surface area contributed by atoms with Crippen molar-refractivity contribution in [2.24, 2.45) is 0 Å². The fourth-order valence-corrected chi connectivity index (χ4v) is 2.10. The van der Waals surface area contributed by atoms with Crippen molar-refractivity contribution in [2.45, 2.75) is 6.92 Å². The van der Waals surface area contributed by atoms with Gasteiger partial charge in [0.25, 0.3) is 0 Å². The Balaban J connectivity index is 2.25. The second-order valence-electron chi connectivity index (χ2n) is 4.21. The van der Waals surface area contributed by atoms with E-state index in [1.165, 1.54) is 0 Å². The molecule has 20 heavy (non-hydrogen) atoms. The van der Waals surface area contributed by atoms with Gasteiger partial charge in [-0.2, -0.15) is 10.1 Å². The molecule has 0 fully saturated rings. The van der Waals surface area contributed by atoms with E-state index in [0.29, 0.717) is 18.2 Å². The van der Waals surface area contributed by atoms with Gasteiger partial charge in [0, 0.05) is 12.6 Å². The Kier molecular flexibility index (Phi) is 3.20. The third-order valence-corrected chi connectivity index (χ3v) is 2.98. The van der Waals surface area contributed by atoms with Crippen LogP contribution in [0.25, 0.3) is 22.3 Å². The van der Waals surface area contributed by atoms with Crippen LogP contribution in [0, 0.1) is 0 Å². The second kappa shape index (κ2) is 5.16. The van der Waals surface area contributed by atoms with E-state index in [1.807, 2.05) is 31.2 Å². The summed E-state index contributed by atoms with van der Waals surface area (Å²) in [7, 11) is 1.79. The maximum Gasteiger partial charge on any atom is 0.225 e. The van der Waals surface area contributed by atoms with Gasteiger partial charge in [-0.3, -0.25) is 5.10 Å². The van der Waals surface area contributed by atoms with E-state index in [0.717, 1.165) is 22.4 Å². The van der Waals surface area contributed by atoms with E-state index in [4.69, 9.17) is 4.74 Å². The number of H-pyrrole nitrogens is 1. The van der Waals surface area contributed by atoms with Crippen molar-refractivity contribution >= 4 is 17.0 Å². The van der Waals surface area contributed by atoms with Crippen molar-refractivity contribution in [1.29, 1.82) is 0 Å². The van der Waals surface area contributed by atoms with Gasteiger partial charge in [-0.1, -0.05) is 12.1 Å². The summed E-state index contributed by atoms with van der Waals surface area (Å²) in [4.78, 5) is 8.88. The lowest BCUT2D eigenvalue weighted by atomic mass is 10.1. The molecule has 0 aliphatic heterocycles. The maximum atomic E-state index is 5.68. The van der Waals surface area contributed by atoms with Gasteiger partial charge in [-0.05, 0) is 19.1 Å². The first-order valence-electron chi connectivity index (χ1n) is 6.44. The molecule has 102 valence electrons. The molecule has 0 saturated carbocycles.